The van der Waals surface area contributed by atoms with E-state index in [1.165, 1.54) is 6.07 Å². The zero-order valence-electron chi connectivity index (χ0n) is 10.7. The van der Waals surface area contributed by atoms with Gasteiger partial charge in [-0.3, -0.25) is 4.79 Å². The lowest BCUT2D eigenvalue weighted by atomic mass is 10.1. The Kier molecular flexibility index (Phi) is 4.30. The molecule has 110 valence electrons. The maximum absolute atomic E-state index is 12.1. The molecule has 0 heterocycles. The molecule has 0 bridgehead atoms. The normalized spacial score (nSPS) is 16.8. The average Bonchev–Trinajstić information content (AvgIpc) is 3.10. The fraction of sp³-hybridized carbons (Fsp3) is 0.417. The van der Waals surface area contributed by atoms with Crippen molar-refractivity contribution in [3.05, 3.63) is 27.7 Å². The van der Waals surface area contributed by atoms with E-state index in [1.54, 1.807) is 0 Å². The molecule has 1 saturated carbocycles. The molecule has 1 aromatic carbocycles. The number of halogens is 2. The summed E-state index contributed by atoms with van der Waals surface area (Å²) in [5.74, 6) is 0.0405. The van der Waals surface area contributed by atoms with Gasteiger partial charge in [0.1, 0.15) is 4.90 Å². The summed E-state index contributed by atoms with van der Waals surface area (Å²) in [6.45, 7) is 1.90. The fourth-order valence-corrected chi connectivity index (χ4v) is 3.32. The molecule has 1 atom stereocenters. The summed E-state index contributed by atoms with van der Waals surface area (Å²) < 4.78 is 22.8. The third kappa shape index (κ3) is 3.44. The Hall–Kier alpha value is -0.820. The highest BCUT2D eigenvalue weighted by Crippen LogP contribution is 2.33. The van der Waals surface area contributed by atoms with E-state index in [-0.39, 0.29) is 26.5 Å². The van der Waals surface area contributed by atoms with Crippen molar-refractivity contribution < 1.29 is 13.2 Å². The zero-order chi connectivity index (χ0) is 15.1. The predicted octanol–water partition coefficient (Wildman–Crippen LogP) is 2.17. The molecule has 1 aliphatic carbocycles. The standard InChI is InChI=1S/C12H14Cl2N2O3S/c1-6(7-2-3-7)16-12(17)8-4-11(20(15,18)19)10(14)5-9(8)13/h4-7H,2-3H2,1H3,(H,16,17)(H2,15,18,19). The van der Waals surface area contributed by atoms with Crippen molar-refractivity contribution in [3.63, 3.8) is 0 Å². The molecular weight excluding hydrogens is 323 g/mol. The summed E-state index contributed by atoms with van der Waals surface area (Å²) in [7, 11) is -4.01. The molecule has 20 heavy (non-hydrogen) atoms. The summed E-state index contributed by atoms with van der Waals surface area (Å²) >= 11 is 11.7. The summed E-state index contributed by atoms with van der Waals surface area (Å²) in [6.07, 6.45) is 2.16. The van der Waals surface area contributed by atoms with Gasteiger partial charge in [-0.25, -0.2) is 13.6 Å². The van der Waals surface area contributed by atoms with Gasteiger partial charge in [0, 0.05) is 6.04 Å². The number of hydrogen-bond acceptors (Lipinski definition) is 3. The van der Waals surface area contributed by atoms with Crippen LogP contribution in [0.1, 0.15) is 30.1 Å². The maximum Gasteiger partial charge on any atom is 0.253 e. The van der Waals surface area contributed by atoms with E-state index < -0.39 is 15.9 Å². The lowest BCUT2D eigenvalue weighted by molar-refractivity contribution is 0.0936. The van der Waals surface area contributed by atoms with Crippen molar-refractivity contribution in [2.24, 2.45) is 11.1 Å². The van der Waals surface area contributed by atoms with Crippen LogP contribution in [0.3, 0.4) is 0 Å². The Morgan fingerprint density at radius 2 is 1.95 bits per heavy atom. The number of amides is 1. The number of hydrogen-bond donors (Lipinski definition) is 2. The number of nitrogens with two attached hydrogens (primary N) is 1. The van der Waals surface area contributed by atoms with E-state index in [2.05, 4.69) is 5.32 Å². The van der Waals surface area contributed by atoms with Crippen LogP contribution in [-0.4, -0.2) is 20.4 Å². The molecule has 0 radical (unpaired) electrons. The van der Waals surface area contributed by atoms with Gasteiger partial charge < -0.3 is 5.32 Å². The number of nitrogens with one attached hydrogen (secondary N) is 1. The van der Waals surface area contributed by atoms with Gasteiger partial charge >= 0.3 is 0 Å². The number of benzene rings is 1. The van der Waals surface area contributed by atoms with Crippen LogP contribution < -0.4 is 10.5 Å². The molecule has 3 N–H and O–H groups in total. The van der Waals surface area contributed by atoms with Crippen molar-refractivity contribution in [2.75, 3.05) is 0 Å². The second-order valence-corrected chi connectivity index (χ2v) is 7.25. The monoisotopic (exact) mass is 336 g/mol. The van der Waals surface area contributed by atoms with E-state index in [0.29, 0.717) is 5.92 Å². The van der Waals surface area contributed by atoms with Gasteiger partial charge in [0.05, 0.1) is 15.6 Å². The van der Waals surface area contributed by atoms with E-state index >= 15 is 0 Å². The minimum atomic E-state index is -4.01. The van der Waals surface area contributed by atoms with Crippen LogP contribution in [0.5, 0.6) is 0 Å². The van der Waals surface area contributed by atoms with Gasteiger partial charge in [0.15, 0.2) is 0 Å². The minimum absolute atomic E-state index is 0.0205. The van der Waals surface area contributed by atoms with Gasteiger partial charge in [0.2, 0.25) is 10.0 Å². The molecular formula is C12H14Cl2N2O3S. The number of carbonyl (C=O) groups excluding carboxylic acids is 1. The zero-order valence-corrected chi connectivity index (χ0v) is 13.0. The Balaban J connectivity index is 2.33. The maximum atomic E-state index is 12.1. The molecule has 5 nitrogen and oxygen atoms in total. The molecule has 1 amide bonds. The van der Waals surface area contributed by atoms with Gasteiger partial charge in [-0.05, 0) is 37.8 Å². The Labute approximate surface area is 127 Å². The molecule has 1 unspecified atom stereocenters. The van der Waals surface area contributed by atoms with Crippen LogP contribution >= 0.6 is 23.2 Å². The van der Waals surface area contributed by atoms with Crippen molar-refractivity contribution in [2.45, 2.75) is 30.7 Å². The third-order valence-electron chi connectivity index (χ3n) is 3.26. The number of carbonyl (C=O) groups is 1. The SMILES string of the molecule is CC(NC(=O)c1cc(S(N)(=O)=O)c(Cl)cc1Cl)C1CC1. The predicted molar refractivity (Wildman–Crippen MR) is 77.5 cm³/mol. The first kappa shape index (κ1) is 15.6. The summed E-state index contributed by atoms with van der Waals surface area (Å²) in [5, 5.41) is 7.82. The lowest BCUT2D eigenvalue weighted by Gasteiger charge is -2.14. The van der Waals surface area contributed by atoms with Crippen LogP contribution in [0.25, 0.3) is 0 Å². The number of rotatable bonds is 4. The summed E-state index contributed by atoms with van der Waals surface area (Å²) in [5.41, 5.74) is 0.0487. The molecule has 8 heteroatoms. The van der Waals surface area contributed by atoms with E-state index in [1.807, 2.05) is 6.92 Å². The van der Waals surface area contributed by atoms with Crippen molar-refractivity contribution >= 4 is 39.1 Å². The lowest BCUT2D eigenvalue weighted by Crippen LogP contribution is -2.34. The first-order chi connectivity index (χ1) is 9.20. The summed E-state index contributed by atoms with van der Waals surface area (Å²) in [6, 6.07) is 2.33. The average molecular weight is 337 g/mol. The van der Waals surface area contributed by atoms with E-state index in [0.717, 1.165) is 18.9 Å². The van der Waals surface area contributed by atoms with Crippen LogP contribution in [0.15, 0.2) is 17.0 Å². The van der Waals surface area contributed by atoms with Crippen molar-refractivity contribution in [3.8, 4) is 0 Å². The molecule has 1 aliphatic rings. The highest BCUT2D eigenvalue weighted by atomic mass is 35.5. The molecule has 1 aromatic rings. The minimum Gasteiger partial charge on any atom is -0.349 e. The second-order valence-electron chi connectivity index (χ2n) is 4.91. The van der Waals surface area contributed by atoms with Crippen LogP contribution in [0.4, 0.5) is 0 Å². The molecule has 0 aromatic heterocycles. The topological polar surface area (TPSA) is 89.3 Å². The number of sulfonamides is 1. The van der Waals surface area contributed by atoms with E-state index in [9.17, 15) is 13.2 Å². The van der Waals surface area contributed by atoms with Crippen LogP contribution in [0, 0.1) is 5.92 Å². The highest BCUT2D eigenvalue weighted by Gasteiger charge is 2.30. The van der Waals surface area contributed by atoms with Crippen LogP contribution in [-0.2, 0) is 10.0 Å². The number of primary sulfonamides is 1. The Bertz CT molecular complexity index is 657. The van der Waals surface area contributed by atoms with Gasteiger partial charge in [0.25, 0.3) is 5.91 Å². The van der Waals surface area contributed by atoms with Gasteiger partial charge in [-0.15, -0.1) is 0 Å². The summed E-state index contributed by atoms with van der Waals surface area (Å²) in [4.78, 5) is 11.8. The molecule has 0 spiro atoms. The Morgan fingerprint density at radius 3 is 2.45 bits per heavy atom. The van der Waals surface area contributed by atoms with Crippen LogP contribution in [0.2, 0.25) is 10.0 Å². The van der Waals surface area contributed by atoms with Crippen molar-refractivity contribution in [1.29, 1.82) is 0 Å². The molecule has 1 fully saturated rings. The third-order valence-corrected chi connectivity index (χ3v) is 4.95. The Morgan fingerprint density at radius 1 is 1.35 bits per heavy atom. The fourth-order valence-electron chi connectivity index (χ4n) is 1.92. The second kappa shape index (κ2) is 5.52. The molecule has 0 aliphatic heterocycles. The largest absolute Gasteiger partial charge is 0.349 e. The highest BCUT2D eigenvalue weighted by molar-refractivity contribution is 7.89. The van der Waals surface area contributed by atoms with Crippen molar-refractivity contribution in [1.82, 2.24) is 5.32 Å². The van der Waals surface area contributed by atoms with E-state index in [4.69, 9.17) is 28.3 Å². The first-order valence-corrected chi connectivity index (χ1v) is 8.33. The smallest absolute Gasteiger partial charge is 0.253 e. The first-order valence-electron chi connectivity index (χ1n) is 6.03. The van der Waals surface area contributed by atoms with Gasteiger partial charge in [-0.1, -0.05) is 23.2 Å². The molecule has 0 saturated heterocycles. The van der Waals surface area contributed by atoms with Gasteiger partial charge in [-0.2, -0.15) is 0 Å². The molecule has 2 rings (SSSR count). The quantitative estimate of drug-likeness (QED) is 0.882.